The number of anilines is 1. The monoisotopic (exact) mass is 346 g/mol. The predicted molar refractivity (Wildman–Crippen MR) is 100 cm³/mol. The molecule has 2 aliphatic rings. The fourth-order valence-electron chi connectivity index (χ4n) is 3.47. The third-order valence-corrected chi connectivity index (χ3v) is 5.07. The van der Waals surface area contributed by atoms with Gasteiger partial charge in [0.2, 0.25) is 0 Å². The number of carbonyl (C=O) groups is 1. The molecule has 1 aromatic rings. The van der Waals surface area contributed by atoms with Crippen molar-refractivity contribution >= 4 is 11.7 Å². The van der Waals surface area contributed by atoms with Crippen molar-refractivity contribution in [1.29, 1.82) is 0 Å². The number of morpholine rings is 1. The first-order chi connectivity index (χ1) is 12.2. The van der Waals surface area contributed by atoms with Gasteiger partial charge in [-0.1, -0.05) is 18.2 Å². The van der Waals surface area contributed by atoms with Crippen LogP contribution in [0.2, 0.25) is 0 Å². The molecular weight excluding hydrogens is 316 g/mol. The topological polar surface area (TPSA) is 48.1 Å². The second-order valence-electron chi connectivity index (χ2n) is 6.95. The van der Waals surface area contributed by atoms with E-state index in [1.165, 1.54) is 5.69 Å². The molecule has 2 aliphatic heterocycles. The van der Waals surface area contributed by atoms with Crippen LogP contribution in [0.25, 0.3) is 0 Å². The van der Waals surface area contributed by atoms with Crippen molar-refractivity contribution in [3.8, 4) is 0 Å². The SMILES string of the molecule is CN(CCN1CCOCC1)C(=O)NC1CCCN(c2ccccc2)C1. The van der Waals surface area contributed by atoms with Crippen LogP contribution < -0.4 is 10.2 Å². The Kier molecular flexibility index (Phi) is 6.53. The molecule has 1 atom stereocenters. The number of ether oxygens (including phenoxy) is 1. The lowest BCUT2D eigenvalue weighted by atomic mass is 10.1. The number of hydrogen-bond acceptors (Lipinski definition) is 4. The first-order valence-corrected chi connectivity index (χ1v) is 9.34. The van der Waals surface area contributed by atoms with Gasteiger partial charge in [0.25, 0.3) is 0 Å². The molecule has 1 unspecified atom stereocenters. The van der Waals surface area contributed by atoms with E-state index in [0.29, 0.717) is 0 Å². The fourth-order valence-corrected chi connectivity index (χ4v) is 3.47. The summed E-state index contributed by atoms with van der Waals surface area (Å²) in [5.74, 6) is 0. The Morgan fingerprint density at radius 1 is 1.24 bits per heavy atom. The number of piperidine rings is 1. The van der Waals surface area contributed by atoms with Crippen LogP contribution in [0.15, 0.2) is 30.3 Å². The van der Waals surface area contributed by atoms with E-state index in [1.54, 1.807) is 4.90 Å². The largest absolute Gasteiger partial charge is 0.379 e. The molecule has 0 spiro atoms. The van der Waals surface area contributed by atoms with Crippen LogP contribution in [-0.4, -0.2) is 81.4 Å². The molecule has 25 heavy (non-hydrogen) atoms. The van der Waals surface area contributed by atoms with Crippen molar-refractivity contribution in [2.75, 3.05) is 64.4 Å². The quantitative estimate of drug-likeness (QED) is 0.880. The summed E-state index contributed by atoms with van der Waals surface area (Å²) in [7, 11) is 1.88. The first kappa shape index (κ1) is 18.0. The highest BCUT2D eigenvalue weighted by atomic mass is 16.5. The number of rotatable bonds is 5. The zero-order valence-electron chi connectivity index (χ0n) is 15.2. The molecule has 2 saturated heterocycles. The molecule has 0 bridgehead atoms. The van der Waals surface area contributed by atoms with Gasteiger partial charge in [-0.05, 0) is 25.0 Å². The number of carbonyl (C=O) groups excluding carboxylic acids is 1. The minimum atomic E-state index is 0.0353. The summed E-state index contributed by atoms with van der Waals surface area (Å²) >= 11 is 0. The highest BCUT2D eigenvalue weighted by Crippen LogP contribution is 2.19. The van der Waals surface area contributed by atoms with Crippen molar-refractivity contribution < 1.29 is 9.53 Å². The lowest BCUT2D eigenvalue weighted by Gasteiger charge is -2.35. The molecular formula is C19H30N4O2. The van der Waals surface area contributed by atoms with Gasteiger partial charge >= 0.3 is 6.03 Å². The molecule has 3 rings (SSSR count). The van der Waals surface area contributed by atoms with Crippen molar-refractivity contribution in [2.24, 2.45) is 0 Å². The molecule has 138 valence electrons. The highest BCUT2D eigenvalue weighted by molar-refractivity contribution is 5.74. The van der Waals surface area contributed by atoms with E-state index >= 15 is 0 Å². The van der Waals surface area contributed by atoms with Crippen LogP contribution >= 0.6 is 0 Å². The van der Waals surface area contributed by atoms with Crippen LogP contribution in [0.1, 0.15) is 12.8 Å². The Bertz CT molecular complexity index is 533. The zero-order chi connectivity index (χ0) is 17.5. The third kappa shape index (κ3) is 5.34. The maximum absolute atomic E-state index is 12.5. The number of benzene rings is 1. The molecule has 2 heterocycles. The molecule has 2 amide bonds. The normalized spacial score (nSPS) is 21.8. The number of nitrogens with one attached hydrogen (secondary N) is 1. The lowest BCUT2D eigenvalue weighted by molar-refractivity contribution is 0.0356. The summed E-state index contributed by atoms with van der Waals surface area (Å²) < 4.78 is 5.36. The summed E-state index contributed by atoms with van der Waals surface area (Å²) in [5.41, 5.74) is 1.24. The molecule has 6 heteroatoms. The van der Waals surface area contributed by atoms with Crippen LogP contribution in [0.4, 0.5) is 10.5 Å². The van der Waals surface area contributed by atoms with Crippen molar-refractivity contribution in [3.05, 3.63) is 30.3 Å². The highest BCUT2D eigenvalue weighted by Gasteiger charge is 2.23. The maximum atomic E-state index is 12.5. The maximum Gasteiger partial charge on any atom is 0.317 e. The minimum absolute atomic E-state index is 0.0353. The summed E-state index contributed by atoms with van der Waals surface area (Å²) in [6.07, 6.45) is 2.16. The smallest absolute Gasteiger partial charge is 0.317 e. The average molecular weight is 346 g/mol. The van der Waals surface area contributed by atoms with Gasteiger partial charge in [-0.25, -0.2) is 4.79 Å². The van der Waals surface area contributed by atoms with Gasteiger partial charge in [-0.3, -0.25) is 4.90 Å². The average Bonchev–Trinajstić information content (AvgIpc) is 2.68. The predicted octanol–water partition coefficient (Wildman–Crippen LogP) is 1.63. The number of urea groups is 1. The van der Waals surface area contributed by atoms with Gasteiger partial charge in [0.05, 0.1) is 13.2 Å². The Labute approximate surface area is 150 Å². The lowest BCUT2D eigenvalue weighted by Crippen LogP contribution is -2.52. The Morgan fingerprint density at radius 2 is 2.00 bits per heavy atom. The van der Waals surface area contributed by atoms with Gasteiger partial charge in [0.15, 0.2) is 0 Å². The molecule has 0 aromatic heterocycles. The summed E-state index contributed by atoms with van der Waals surface area (Å²) in [6.45, 7) is 7.13. The Balaban J connectivity index is 1.43. The number of hydrogen-bond donors (Lipinski definition) is 1. The van der Waals surface area contributed by atoms with Crippen molar-refractivity contribution in [3.63, 3.8) is 0 Å². The summed E-state index contributed by atoms with van der Waals surface area (Å²) in [5, 5.41) is 3.21. The first-order valence-electron chi connectivity index (χ1n) is 9.34. The minimum Gasteiger partial charge on any atom is -0.379 e. The van der Waals surface area contributed by atoms with E-state index in [1.807, 2.05) is 13.1 Å². The molecule has 6 nitrogen and oxygen atoms in total. The molecule has 0 saturated carbocycles. The van der Waals surface area contributed by atoms with E-state index < -0.39 is 0 Å². The standard InChI is InChI=1S/C19H30N4O2/c1-21(10-11-22-12-14-25-15-13-22)19(24)20-17-6-5-9-23(16-17)18-7-3-2-4-8-18/h2-4,7-8,17H,5-6,9-16H2,1H3,(H,20,24). The van der Waals surface area contributed by atoms with Gasteiger partial charge in [0, 0.05) is 58.0 Å². The summed E-state index contributed by atoms with van der Waals surface area (Å²) in [6, 6.07) is 10.7. The molecule has 1 aromatic carbocycles. The van der Waals surface area contributed by atoms with Crippen LogP contribution in [0, 0.1) is 0 Å². The van der Waals surface area contributed by atoms with E-state index in [9.17, 15) is 4.79 Å². The van der Waals surface area contributed by atoms with Crippen molar-refractivity contribution in [1.82, 2.24) is 15.1 Å². The fraction of sp³-hybridized carbons (Fsp3) is 0.632. The summed E-state index contributed by atoms with van der Waals surface area (Å²) in [4.78, 5) is 19.0. The number of nitrogens with zero attached hydrogens (tertiary/aromatic N) is 3. The second kappa shape index (κ2) is 9.06. The molecule has 1 N–H and O–H groups in total. The van der Waals surface area contributed by atoms with Gasteiger partial charge in [-0.15, -0.1) is 0 Å². The van der Waals surface area contributed by atoms with E-state index in [-0.39, 0.29) is 12.1 Å². The number of para-hydroxylation sites is 1. The molecule has 0 radical (unpaired) electrons. The second-order valence-corrected chi connectivity index (χ2v) is 6.95. The van der Waals surface area contributed by atoms with Gasteiger partial charge < -0.3 is 19.9 Å². The third-order valence-electron chi connectivity index (χ3n) is 5.07. The van der Waals surface area contributed by atoms with Crippen LogP contribution in [-0.2, 0) is 4.74 Å². The number of likely N-dealkylation sites (N-methyl/N-ethyl adjacent to an activating group) is 1. The van der Waals surface area contributed by atoms with E-state index in [0.717, 1.165) is 65.3 Å². The Hall–Kier alpha value is -1.79. The van der Waals surface area contributed by atoms with Gasteiger partial charge in [-0.2, -0.15) is 0 Å². The zero-order valence-corrected chi connectivity index (χ0v) is 15.2. The molecule has 0 aliphatic carbocycles. The van der Waals surface area contributed by atoms with Gasteiger partial charge in [0.1, 0.15) is 0 Å². The van der Waals surface area contributed by atoms with Crippen LogP contribution in [0.5, 0.6) is 0 Å². The Morgan fingerprint density at radius 3 is 2.76 bits per heavy atom. The van der Waals surface area contributed by atoms with E-state index in [4.69, 9.17) is 4.74 Å². The van der Waals surface area contributed by atoms with Crippen molar-refractivity contribution in [2.45, 2.75) is 18.9 Å². The molecule has 2 fully saturated rings. The number of amides is 2. The van der Waals surface area contributed by atoms with Crippen LogP contribution in [0.3, 0.4) is 0 Å². The van der Waals surface area contributed by atoms with E-state index in [2.05, 4.69) is 39.4 Å².